The van der Waals surface area contributed by atoms with Gasteiger partial charge in [-0.15, -0.1) is 0 Å². The second-order valence-electron chi connectivity index (χ2n) is 7.59. The maximum Gasteiger partial charge on any atom is 0.340 e. The molecule has 0 radical (unpaired) electrons. The summed E-state index contributed by atoms with van der Waals surface area (Å²) in [5, 5.41) is 5.16. The molecule has 0 atom stereocenters. The number of hydrogen-bond acceptors (Lipinski definition) is 4. The number of rotatable bonds is 4. The average Bonchev–Trinajstić information content (AvgIpc) is 2.99. The van der Waals surface area contributed by atoms with Gasteiger partial charge < -0.3 is 14.2 Å². The minimum atomic E-state index is -0.508. The summed E-state index contributed by atoms with van der Waals surface area (Å²) in [5.74, 6) is 0.546. The number of carbonyl (C=O) groups excluding carboxylic acids is 1. The van der Waals surface area contributed by atoms with Gasteiger partial charge >= 0.3 is 5.63 Å². The van der Waals surface area contributed by atoms with E-state index in [1.54, 1.807) is 6.07 Å². The summed E-state index contributed by atoms with van der Waals surface area (Å²) in [4.78, 5) is 25.2. The molecule has 0 spiro atoms. The van der Waals surface area contributed by atoms with Crippen molar-refractivity contribution in [2.45, 2.75) is 40.7 Å². The average molecular weight is 424 g/mol. The first kappa shape index (κ1) is 20.2. The fourth-order valence-electron chi connectivity index (χ4n) is 3.90. The van der Waals surface area contributed by atoms with Crippen molar-refractivity contribution >= 4 is 39.4 Å². The zero-order chi connectivity index (χ0) is 21.6. The summed E-state index contributed by atoms with van der Waals surface area (Å²) >= 11 is 6.14. The SMILES string of the molecule is Cc1oc2c(c(C)cc3oc(=O)c(CC(=O)NCc4ccccc4Cl)c(C)c32)c1C. The van der Waals surface area contributed by atoms with Gasteiger partial charge in [-0.1, -0.05) is 29.8 Å². The summed E-state index contributed by atoms with van der Waals surface area (Å²) in [6.45, 7) is 8.01. The molecule has 2 heterocycles. The fourth-order valence-corrected chi connectivity index (χ4v) is 4.10. The van der Waals surface area contributed by atoms with Crippen molar-refractivity contribution in [1.82, 2.24) is 5.32 Å². The Morgan fingerprint density at radius 2 is 1.77 bits per heavy atom. The number of benzene rings is 2. The van der Waals surface area contributed by atoms with Gasteiger partial charge in [0.1, 0.15) is 16.9 Å². The molecule has 154 valence electrons. The molecule has 4 aromatic rings. The van der Waals surface area contributed by atoms with E-state index in [0.29, 0.717) is 27.3 Å². The van der Waals surface area contributed by atoms with Crippen molar-refractivity contribution in [1.29, 1.82) is 0 Å². The maximum atomic E-state index is 12.6. The number of halogens is 1. The second-order valence-corrected chi connectivity index (χ2v) is 8.00. The molecule has 0 aliphatic rings. The Hall–Kier alpha value is -3.05. The summed E-state index contributed by atoms with van der Waals surface area (Å²) in [5.41, 5.74) is 4.55. The zero-order valence-electron chi connectivity index (χ0n) is 17.3. The van der Waals surface area contributed by atoms with Gasteiger partial charge in [-0.3, -0.25) is 4.79 Å². The smallest absolute Gasteiger partial charge is 0.340 e. The van der Waals surface area contributed by atoms with Crippen molar-refractivity contribution in [2.24, 2.45) is 0 Å². The van der Waals surface area contributed by atoms with Crippen LogP contribution < -0.4 is 10.9 Å². The Morgan fingerprint density at radius 3 is 2.50 bits per heavy atom. The monoisotopic (exact) mass is 423 g/mol. The van der Waals surface area contributed by atoms with E-state index in [1.807, 2.05) is 52.0 Å². The quantitative estimate of drug-likeness (QED) is 0.453. The molecule has 2 aromatic carbocycles. The van der Waals surface area contributed by atoms with Gasteiger partial charge in [-0.2, -0.15) is 0 Å². The molecule has 4 rings (SSSR count). The van der Waals surface area contributed by atoms with Crippen LogP contribution in [0.25, 0.3) is 21.9 Å². The van der Waals surface area contributed by atoms with E-state index >= 15 is 0 Å². The first-order chi connectivity index (χ1) is 14.3. The van der Waals surface area contributed by atoms with E-state index in [-0.39, 0.29) is 18.9 Å². The second kappa shape index (κ2) is 7.65. The summed E-state index contributed by atoms with van der Waals surface area (Å²) in [6.07, 6.45) is -0.0808. The van der Waals surface area contributed by atoms with E-state index < -0.39 is 5.63 Å². The van der Waals surface area contributed by atoms with Crippen molar-refractivity contribution in [2.75, 3.05) is 0 Å². The van der Waals surface area contributed by atoms with Gasteiger partial charge in [0.25, 0.3) is 0 Å². The molecule has 0 bridgehead atoms. The molecule has 0 saturated carbocycles. The van der Waals surface area contributed by atoms with Crippen LogP contribution in [0.3, 0.4) is 0 Å². The van der Waals surface area contributed by atoms with Crippen LogP contribution in [0.1, 0.15) is 33.6 Å². The number of hydrogen-bond donors (Lipinski definition) is 1. The van der Waals surface area contributed by atoms with Crippen molar-refractivity contribution < 1.29 is 13.6 Å². The third-order valence-corrected chi connectivity index (χ3v) is 6.02. The molecule has 0 unspecified atom stereocenters. The van der Waals surface area contributed by atoms with Crippen molar-refractivity contribution in [3.05, 3.63) is 79.4 Å². The van der Waals surface area contributed by atoms with Gasteiger partial charge in [0, 0.05) is 17.0 Å². The molecule has 2 aromatic heterocycles. The number of carbonyl (C=O) groups is 1. The molecule has 5 nitrogen and oxygen atoms in total. The zero-order valence-corrected chi connectivity index (χ0v) is 18.1. The summed E-state index contributed by atoms with van der Waals surface area (Å²) in [6, 6.07) is 9.16. The van der Waals surface area contributed by atoms with Crippen molar-refractivity contribution in [3.8, 4) is 0 Å². The number of fused-ring (bicyclic) bond motifs is 3. The van der Waals surface area contributed by atoms with Gasteiger partial charge in [0.2, 0.25) is 5.91 Å². The molecule has 1 amide bonds. The van der Waals surface area contributed by atoms with E-state index in [0.717, 1.165) is 33.2 Å². The van der Waals surface area contributed by atoms with Gasteiger partial charge in [-0.25, -0.2) is 4.79 Å². The molecule has 1 N–H and O–H groups in total. The summed E-state index contributed by atoms with van der Waals surface area (Å²) in [7, 11) is 0. The largest absolute Gasteiger partial charge is 0.460 e. The molecular weight excluding hydrogens is 402 g/mol. The lowest BCUT2D eigenvalue weighted by molar-refractivity contribution is -0.120. The highest BCUT2D eigenvalue weighted by Gasteiger charge is 2.21. The van der Waals surface area contributed by atoms with Crippen LogP contribution in [-0.2, 0) is 17.8 Å². The predicted octanol–water partition coefficient (Wildman–Crippen LogP) is 5.29. The first-order valence-electron chi connectivity index (χ1n) is 9.73. The minimum Gasteiger partial charge on any atom is -0.460 e. The normalized spacial score (nSPS) is 11.4. The Bertz CT molecular complexity index is 1360. The molecule has 0 fully saturated rings. The van der Waals surface area contributed by atoms with E-state index in [2.05, 4.69) is 5.32 Å². The lowest BCUT2D eigenvalue weighted by Gasteiger charge is -2.10. The lowest BCUT2D eigenvalue weighted by atomic mass is 9.98. The maximum absolute atomic E-state index is 12.6. The highest BCUT2D eigenvalue weighted by molar-refractivity contribution is 6.31. The lowest BCUT2D eigenvalue weighted by Crippen LogP contribution is -2.27. The van der Waals surface area contributed by atoms with Gasteiger partial charge in [0.05, 0.1) is 17.4 Å². The van der Waals surface area contributed by atoms with Gasteiger partial charge in [0.15, 0.2) is 0 Å². The minimum absolute atomic E-state index is 0.0808. The molecular formula is C24H22ClNO4. The number of furan rings is 1. The van der Waals surface area contributed by atoms with Crippen LogP contribution in [0.5, 0.6) is 0 Å². The van der Waals surface area contributed by atoms with Gasteiger partial charge in [-0.05, 0) is 62.1 Å². The van der Waals surface area contributed by atoms with Crippen LogP contribution in [0.4, 0.5) is 0 Å². The Labute approximate surface area is 178 Å². The van der Waals surface area contributed by atoms with Crippen molar-refractivity contribution in [3.63, 3.8) is 0 Å². The van der Waals surface area contributed by atoms with Crippen LogP contribution >= 0.6 is 11.6 Å². The summed E-state index contributed by atoms with van der Waals surface area (Å²) < 4.78 is 11.6. The molecule has 0 aliphatic carbocycles. The number of aryl methyl sites for hydroxylation is 4. The topological polar surface area (TPSA) is 72.5 Å². The molecule has 6 heteroatoms. The Morgan fingerprint density at radius 1 is 1.03 bits per heavy atom. The van der Waals surface area contributed by atoms with Crippen LogP contribution in [0, 0.1) is 27.7 Å². The van der Waals surface area contributed by atoms with Crippen LogP contribution in [0.2, 0.25) is 5.02 Å². The van der Waals surface area contributed by atoms with E-state index in [4.69, 9.17) is 20.4 Å². The highest BCUT2D eigenvalue weighted by Crippen LogP contribution is 2.36. The third kappa shape index (κ3) is 3.39. The van der Waals surface area contributed by atoms with Crippen LogP contribution in [-0.4, -0.2) is 5.91 Å². The third-order valence-electron chi connectivity index (χ3n) is 5.65. The fraction of sp³-hybridized carbons (Fsp3) is 0.250. The first-order valence-corrected chi connectivity index (χ1v) is 10.1. The molecule has 0 aliphatic heterocycles. The predicted molar refractivity (Wildman–Crippen MR) is 118 cm³/mol. The Balaban J connectivity index is 1.72. The van der Waals surface area contributed by atoms with Crippen LogP contribution in [0.15, 0.2) is 44.0 Å². The number of amides is 1. The highest BCUT2D eigenvalue weighted by atomic mass is 35.5. The molecule has 30 heavy (non-hydrogen) atoms. The molecule has 0 saturated heterocycles. The Kier molecular flexibility index (Phi) is 5.16. The number of nitrogens with one attached hydrogen (secondary N) is 1. The van der Waals surface area contributed by atoms with E-state index in [1.165, 1.54) is 0 Å². The van der Waals surface area contributed by atoms with E-state index in [9.17, 15) is 9.59 Å². The standard InChI is InChI=1S/C24H22ClNO4/c1-12-9-19-22(23-21(12)13(2)15(4)29-23)14(3)17(24(28)30-19)10-20(27)26-11-16-7-5-6-8-18(16)25/h5-9H,10-11H2,1-4H3,(H,26,27).